The molecule has 1 aliphatic carbocycles. The molecule has 0 unspecified atom stereocenters. The number of nitrogens with two attached hydrogens (primary N) is 1. The van der Waals surface area contributed by atoms with Gasteiger partial charge in [0.2, 0.25) is 0 Å². The third-order valence-electron chi connectivity index (χ3n) is 3.57. The molecular weight excluding hydrogens is 341 g/mol. The zero-order valence-electron chi connectivity index (χ0n) is 11.7. The molecule has 1 rings (SSSR count). The number of ether oxygens (including phenoxy) is 1. The van der Waals surface area contributed by atoms with Crippen molar-refractivity contribution in [3.8, 4) is 0 Å². The highest BCUT2D eigenvalue weighted by Gasteiger charge is 2.36. The molecule has 1 aliphatic rings. The van der Waals surface area contributed by atoms with Crippen molar-refractivity contribution in [1.29, 1.82) is 0 Å². The summed E-state index contributed by atoms with van der Waals surface area (Å²) in [7, 11) is 1.77. The molecule has 5 heteroatoms. The number of aliphatic imine (C=N–C) groups is 1. The SMILES string of the molecule is CCCCCCNC(N)=NCC1(OC)CCC1.I. The van der Waals surface area contributed by atoms with Crippen molar-refractivity contribution in [3.63, 3.8) is 0 Å². The predicted octanol–water partition coefficient (Wildman–Crippen LogP) is 2.66. The van der Waals surface area contributed by atoms with Crippen LogP contribution >= 0.6 is 24.0 Å². The molecular formula is C13H28IN3O. The lowest BCUT2D eigenvalue weighted by Gasteiger charge is -2.39. The molecule has 1 saturated carbocycles. The van der Waals surface area contributed by atoms with Gasteiger partial charge in [-0.05, 0) is 25.7 Å². The number of methoxy groups -OCH3 is 1. The molecule has 0 aromatic heterocycles. The molecule has 108 valence electrons. The lowest BCUT2D eigenvalue weighted by molar-refractivity contribution is -0.0630. The Morgan fingerprint density at radius 2 is 2.06 bits per heavy atom. The second kappa shape index (κ2) is 9.83. The van der Waals surface area contributed by atoms with Gasteiger partial charge in [0.25, 0.3) is 0 Å². The van der Waals surface area contributed by atoms with Crippen LogP contribution in [0.1, 0.15) is 51.9 Å². The molecule has 0 radical (unpaired) electrons. The molecule has 1 fully saturated rings. The van der Waals surface area contributed by atoms with Crippen LogP contribution in [0.5, 0.6) is 0 Å². The average Bonchev–Trinajstić information content (AvgIpc) is 2.28. The topological polar surface area (TPSA) is 59.6 Å². The quantitative estimate of drug-likeness (QED) is 0.299. The summed E-state index contributed by atoms with van der Waals surface area (Å²) in [5, 5.41) is 3.16. The number of hydrogen-bond acceptors (Lipinski definition) is 2. The molecule has 0 aromatic carbocycles. The third kappa shape index (κ3) is 6.22. The van der Waals surface area contributed by atoms with E-state index in [-0.39, 0.29) is 29.6 Å². The van der Waals surface area contributed by atoms with Crippen molar-refractivity contribution in [2.75, 3.05) is 20.2 Å². The van der Waals surface area contributed by atoms with Gasteiger partial charge < -0.3 is 15.8 Å². The first-order valence-electron chi connectivity index (χ1n) is 6.81. The Morgan fingerprint density at radius 1 is 1.33 bits per heavy atom. The first-order valence-corrected chi connectivity index (χ1v) is 6.81. The van der Waals surface area contributed by atoms with Crippen LogP contribution in [-0.2, 0) is 4.74 Å². The summed E-state index contributed by atoms with van der Waals surface area (Å²) < 4.78 is 5.49. The lowest BCUT2D eigenvalue weighted by Crippen LogP contribution is -2.43. The second-order valence-electron chi connectivity index (χ2n) is 4.93. The van der Waals surface area contributed by atoms with E-state index in [0.29, 0.717) is 12.5 Å². The van der Waals surface area contributed by atoms with Crippen LogP contribution in [0, 0.1) is 0 Å². The highest BCUT2D eigenvalue weighted by Crippen LogP contribution is 2.35. The minimum absolute atomic E-state index is 0. The number of rotatable bonds is 8. The molecule has 18 heavy (non-hydrogen) atoms. The molecule has 0 atom stereocenters. The first-order chi connectivity index (χ1) is 8.22. The number of nitrogens with one attached hydrogen (secondary N) is 1. The van der Waals surface area contributed by atoms with Crippen LogP contribution < -0.4 is 11.1 Å². The van der Waals surface area contributed by atoms with E-state index in [4.69, 9.17) is 10.5 Å². The largest absolute Gasteiger partial charge is 0.376 e. The Kier molecular flexibility index (Phi) is 9.81. The molecule has 4 nitrogen and oxygen atoms in total. The van der Waals surface area contributed by atoms with Gasteiger partial charge in [0.15, 0.2) is 5.96 Å². The number of halogens is 1. The van der Waals surface area contributed by atoms with Gasteiger partial charge in [0.1, 0.15) is 0 Å². The van der Waals surface area contributed by atoms with Gasteiger partial charge in [-0.25, -0.2) is 0 Å². The average molecular weight is 369 g/mol. The number of guanidine groups is 1. The van der Waals surface area contributed by atoms with Crippen LogP contribution in [0.15, 0.2) is 4.99 Å². The van der Waals surface area contributed by atoms with Crippen LogP contribution in [0.3, 0.4) is 0 Å². The number of hydrogen-bond donors (Lipinski definition) is 2. The third-order valence-corrected chi connectivity index (χ3v) is 3.57. The standard InChI is InChI=1S/C13H27N3O.HI/c1-3-4-5-6-10-15-12(14)16-11-13(17-2)8-7-9-13;/h3-11H2,1-2H3,(H3,14,15,16);1H. The fourth-order valence-electron chi connectivity index (χ4n) is 2.05. The summed E-state index contributed by atoms with van der Waals surface area (Å²) in [4.78, 5) is 4.37. The maximum Gasteiger partial charge on any atom is 0.188 e. The van der Waals surface area contributed by atoms with Crippen molar-refractivity contribution in [3.05, 3.63) is 0 Å². The van der Waals surface area contributed by atoms with Crippen LogP contribution in [0.4, 0.5) is 0 Å². The Hall–Kier alpha value is -0.0400. The molecule has 0 bridgehead atoms. The first kappa shape index (κ1) is 18.0. The normalized spacial score (nSPS) is 17.8. The summed E-state index contributed by atoms with van der Waals surface area (Å²) in [6.07, 6.45) is 8.45. The second-order valence-corrected chi connectivity index (χ2v) is 4.93. The summed E-state index contributed by atoms with van der Waals surface area (Å²) in [6.45, 7) is 3.83. The van der Waals surface area contributed by atoms with Crippen LogP contribution in [0.2, 0.25) is 0 Å². The molecule has 0 saturated heterocycles. The predicted molar refractivity (Wildman–Crippen MR) is 87.6 cm³/mol. The fourth-order valence-corrected chi connectivity index (χ4v) is 2.05. The Bertz CT molecular complexity index is 237. The zero-order chi connectivity index (χ0) is 12.6. The van der Waals surface area contributed by atoms with Crippen molar-refractivity contribution in [1.82, 2.24) is 5.32 Å². The van der Waals surface area contributed by atoms with Gasteiger partial charge in [-0.2, -0.15) is 0 Å². The van der Waals surface area contributed by atoms with Gasteiger partial charge in [0, 0.05) is 13.7 Å². The minimum atomic E-state index is -0.0193. The minimum Gasteiger partial charge on any atom is -0.376 e. The van der Waals surface area contributed by atoms with E-state index < -0.39 is 0 Å². The summed E-state index contributed by atoms with van der Waals surface area (Å²) in [6, 6.07) is 0. The maximum atomic E-state index is 5.81. The van der Waals surface area contributed by atoms with Gasteiger partial charge in [-0.1, -0.05) is 26.2 Å². The summed E-state index contributed by atoms with van der Waals surface area (Å²) in [5.41, 5.74) is 5.79. The van der Waals surface area contributed by atoms with E-state index in [1.54, 1.807) is 7.11 Å². The van der Waals surface area contributed by atoms with E-state index in [0.717, 1.165) is 19.4 Å². The Balaban J connectivity index is 0.00000289. The van der Waals surface area contributed by atoms with E-state index >= 15 is 0 Å². The zero-order valence-corrected chi connectivity index (χ0v) is 14.0. The Morgan fingerprint density at radius 3 is 2.56 bits per heavy atom. The lowest BCUT2D eigenvalue weighted by atomic mass is 9.80. The van der Waals surface area contributed by atoms with Gasteiger partial charge in [-0.15, -0.1) is 24.0 Å². The van der Waals surface area contributed by atoms with Gasteiger partial charge >= 0.3 is 0 Å². The van der Waals surface area contributed by atoms with Crippen LogP contribution in [0.25, 0.3) is 0 Å². The smallest absolute Gasteiger partial charge is 0.188 e. The molecule has 0 spiro atoms. The highest BCUT2D eigenvalue weighted by molar-refractivity contribution is 14.0. The van der Waals surface area contributed by atoms with Crippen molar-refractivity contribution >= 4 is 29.9 Å². The number of unbranched alkanes of at least 4 members (excludes halogenated alkanes) is 3. The molecule has 0 aliphatic heterocycles. The van der Waals surface area contributed by atoms with Crippen LogP contribution in [-0.4, -0.2) is 31.8 Å². The van der Waals surface area contributed by atoms with Crippen molar-refractivity contribution in [2.45, 2.75) is 57.5 Å². The van der Waals surface area contributed by atoms with Crippen molar-refractivity contribution in [2.24, 2.45) is 10.7 Å². The van der Waals surface area contributed by atoms with Gasteiger partial charge in [0.05, 0.1) is 12.1 Å². The molecule has 0 heterocycles. The monoisotopic (exact) mass is 369 g/mol. The summed E-state index contributed by atoms with van der Waals surface area (Å²) in [5.74, 6) is 0.560. The van der Waals surface area contributed by atoms with E-state index in [1.807, 2.05) is 0 Å². The van der Waals surface area contributed by atoms with E-state index in [1.165, 1.54) is 32.1 Å². The maximum absolute atomic E-state index is 5.81. The van der Waals surface area contributed by atoms with E-state index in [2.05, 4.69) is 17.2 Å². The fraction of sp³-hybridized carbons (Fsp3) is 0.923. The molecule has 3 N–H and O–H groups in total. The summed E-state index contributed by atoms with van der Waals surface area (Å²) >= 11 is 0. The van der Waals surface area contributed by atoms with E-state index in [9.17, 15) is 0 Å². The Labute approximate surface area is 128 Å². The van der Waals surface area contributed by atoms with Gasteiger partial charge in [-0.3, -0.25) is 4.99 Å². The number of nitrogens with zero attached hydrogens (tertiary/aromatic N) is 1. The molecule has 0 amide bonds. The molecule has 0 aromatic rings. The highest BCUT2D eigenvalue weighted by atomic mass is 127. The van der Waals surface area contributed by atoms with Crippen molar-refractivity contribution < 1.29 is 4.74 Å².